The van der Waals surface area contributed by atoms with Crippen molar-refractivity contribution in [3.8, 4) is 11.5 Å². The largest absolute Gasteiger partial charge is 0.456 e. The zero-order chi connectivity index (χ0) is 14.0. The van der Waals surface area contributed by atoms with Crippen LogP contribution in [-0.2, 0) is 0 Å². The summed E-state index contributed by atoms with van der Waals surface area (Å²) in [6.45, 7) is 1.92. The average molecular weight is 295 g/mol. The number of halogens is 2. The molecule has 98 valence electrons. The van der Waals surface area contributed by atoms with Crippen LogP contribution in [0.4, 0.5) is 0 Å². The third kappa shape index (κ3) is 3.40. The van der Waals surface area contributed by atoms with Crippen molar-refractivity contribution >= 4 is 29.0 Å². The Morgan fingerprint density at radius 3 is 2.32 bits per heavy atom. The lowest BCUT2D eigenvalue weighted by molar-refractivity contribution is 0.481. The van der Waals surface area contributed by atoms with Crippen molar-refractivity contribution in [2.24, 2.45) is 5.73 Å². The number of hydrogen-bond donors (Lipinski definition) is 2. The van der Waals surface area contributed by atoms with Crippen LogP contribution in [0.1, 0.15) is 11.1 Å². The fourth-order valence-electron chi connectivity index (χ4n) is 1.66. The van der Waals surface area contributed by atoms with E-state index >= 15 is 0 Å². The van der Waals surface area contributed by atoms with Gasteiger partial charge in [-0.3, -0.25) is 5.41 Å². The van der Waals surface area contributed by atoms with E-state index < -0.39 is 0 Å². The molecule has 19 heavy (non-hydrogen) atoms. The molecule has 2 rings (SSSR count). The molecule has 2 aromatic rings. The van der Waals surface area contributed by atoms with Gasteiger partial charge in [0.15, 0.2) is 0 Å². The number of nitrogens with one attached hydrogen (secondary N) is 1. The van der Waals surface area contributed by atoms with Gasteiger partial charge < -0.3 is 10.5 Å². The first kappa shape index (κ1) is 13.7. The van der Waals surface area contributed by atoms with E-state index in [0.29, 0.717) is 27.1 Å². The van der Waals surface area contributed by atoms with Crippen molar-refractivity contribution in [3.63, 3.8) is 0 Å². The summed E-state index contributed by atoms with van der Waals surface area (Å²) in [7, 11) is 0. The Kier molecular flexibility index (Phi) is 3.98. The lowest BCUT2D eigenvalue weighted by Gasteiger charge is -2.11. The maximum absolute atomic E-state index is 7.57. The third-order valence-corrected chi connectivity index (χ3v) is 2.93. The minimum Gasteiger partial charge on any atom is -0.456 e. The van der Waals surface area contributed by atoms with Crippen LogP contribution >= 0.6 is 23.2 Å². The molecule has 0 heterocycles. The molecule has 0 radical (unpaired) electrons. The highest BCUT2D eigenvalue weighted by Gasteiger charge is 2.09. The van der Waals surface area contributed by atoms with Crippen LogP contribution in [0.5, 0.6) is 11.5 Å². The lowest BCUT2D eigenvalue weighted by Crippen LogP contribution is -2.12. The second kappa shape index (κ2) is 5.51. The Hall–Kier alpha value is -1.71. The molecule has 0 aliphatic carbocycles. The molecule has 3 N–H and O–H groups in total. The first-order chi connectivity index (χ1) is 8.95. The summed E-state index contributed by atoms with van der Waals surface area (Å²) >= 11 is 11.8. The third-order valence-electron chi connectivity index (χ3n) is 2.49. The van der Waals surface area contributed by atoms with Gasteiger partial charge in [-0.1, -0.05) is 34.8 Å². The van der Waals surface area contributed by atoms with Crippen LogP contribution < -0.4 is 10.5 Å². The second-order valence-corrected chi connectivity index (χ2v) is 4.99. The highest BCUT2D eigenvalue weighted by atomic mass is 35.5. The van der Waals surface area contributed by atoms with Gasteiger partial charge in [0.1, 0.15) is 17.3 Å². The molecule has 0 spiro atoms. The van der Waals surface area contributed by atoms with E-state index in [1.807, 2.05) is 13.0 Å². The summed E-state index contributed by atoms with van der Waals surface area (Å²) in [6.07, 6.45) is 0. The van der Waals surface area contributed by atoms with Crippen LogP contribution in [0.25, 0.3) is 0 Å². The molecular formula is C14H12Cl2N2O. The van der Waals surface area contributed by atoms with Crippen molar-refractivity contribution in [1.29, 1.82) is 5.41 Å². The van der Waals surface area contributed by atoms with Gasteiger partial charge in [-0.15, -0.1) is 0 Å². The summed E-state index contributed by atoms with van der Waals surface area (Å²) in [5.74, 6) is 0.951. The monoisotopic (exact) mass is 294 g/mol. The highest BCUT2D eigenvalue weighted by Crippen LogP contribution is 2.30. The Balaban J connectivity index is 2.40. The first-order valence-electron chi connectivity index (χ1n) is 5.54. The Bertz CT molecular complexity index is 621. The molecular weight excluding hydrogens is 283 g/mol. The summed E-state index contributed by atoms with van der Waals surface area (Å²) in [5.41, 5.74) is 7.09. The first-order valence-corrected chi connectivity index (χ1v) is 6.30. The minimum atomic E-state index is -0.0492. The second-order valence-electron chi connectivity index (χ2n) is 4.12. The average Bonchev–Trinajstić information content (AvgIpc) is 2.30. The number of aryl methyl sites for hydroxylation is 1. The summed E-state index contributed by atoms with van der Waals surface area (Å²) in [4.78, 5) is 0. The fraction of sp³-hybridized carbons (Fsp3) is 0.0714. The summed E-state index contributed by atoms with van der Waals surface area (Å²) in [5, 5.41) is 8.54. The van der Waals surface area contributed by atoms with Crippen molar-refractivity contribution in [2.75, 3.05) is 0 Å². The van der Waals surface area contributed by atoms with Crippen LogP contribution in [0.15, 0.2) is 36.4 Å². The molecule has 0 aliphatic heterocycles. The quantitative estimate of drug-likeness (QED) is 0.652. The molecule has 0 saturated heterocycles. The molecule has 0 saturated carbocycles. The zero-order valence-corrected chi connectivity index (χ0v) is 11.7. The van der Waals surface area contributed by atoms with Crippen molar-refractivity contribution in [2.45, 2.75) is 6.92 Å². The molecule has 0 atom stereocenters. The van der Waals surface area contributed by atoms with Gasteiger partial charge in [-0.25, -0.2) is 0 Å². The topological polar surface area (TPSA) is 59.1 Å². The summed E-state index contributed by atoms with van der Waals surface area (Å²) in [6, 6.07) is 10.4. The number of nitrogen functional groups attached to an aromatic ring is 1. The fourth-order valence-corrected chi connectivity index (χ4v) is 2.16. The van der Waals surface area contributed by atoms with E-state index in [9.17, 15) is 0 Å². The Morgan fingerprint density at radius 1 is 1.11 bits per heavy atom. The highest BCUT2D eigenvalue weighted by molar-refractivity contribution is 6.34. The van der Waals surface area contributed by atoms with Gasteiger partial charge in [0.2, 0.25) is 0 Å². The van der Waals surface area contributed by atoms with E-state index in [2.05, 4.69) is 0 Å². The smallest absolute Gasteiger partial charge is 0.138 e. The molecule has 0 unspecified atom stereocenters. The molecule has 3 nitrogen and oxygen atoms in total. The van der Waals surface area contributed by atoms with E-state index in [4.69, 9.17) is 39.1 Å². The van der Waals surface area contributed by atoms with Gasteiger partial charge in [-0.05, 0) is 37.3 Å². The molecule has 0 bridgehead atoms. The molecule has 5 heteroatoms. The minimum absolute atomic E-state index is 0.0492. The summed E-state index contributed by atoms with van der Waals surface area (Å²) < 4.78 is 5.70. The van der Waals surface area contributed by atoms with E-state index in [1.54, 1.807) is 30.3 Å². The number of ether oxygens (including phenoxy) is 1. The molecule has 0 amide bonds. The van der Waals surface area contributed by atoms with Crippen LogP contribution in [-0.4, -0.2) is 5.84 Å². The lowest BCUT2D eigenvalue weighted by atomic mass is 10.1. The molecule has 0 fully saturated rings. The molecule has 0 aromatic heterocycles. The van der Waals surface area contributed by atoms with Gasteiger partial charge >= 0.3 is 0 Å². The van der Waals surface area contributed by atoms with Crippen LogP contribution in [0.2, 0.25) is 10.0 Å². The predicted octanol–water partition coefficient (Wildman–Crippen LogP) is 4.38. The van der Waals surface area contributed by atoms with Gasteiger partial charge in [-0.2, -0.15) is 0 Å². The molecule has 0 aliphatic rings. The van der Waals surface area contributed by atoms with E-state index in [-0.39, 0.29) is 5.84 Å². The van der Waals surface area contributed by atoms with E-state index in [0.717, 1.165) is 5.56 Å². The van der Waals surface area contributed by atoms with Gasteiger partial charge in [0.25, 0.3) is 0 Å². The van der Waals surface area contributed by atoms with Crippen LogP contribution in [0.3, 0.4) is 0 Å². The van der Waals surface area contributed by atoms with Gasteiger partial charge in [0, 0.05) is 10.0 Å². The normalized spacial score (nSPS) is 10.3. The van der Waals surface area contributed by atoms with Crippen LogP contribution in [0, 0.1) is 12.3 Å². The predicted molar refractivity (Wildman–Crippen MR) is 78.7 cm³/mol. The number of nitrogens with two attached hydrogens (primary N) is 1. The number of amidine groups is 1. The number of benzene rings is 2. The van der Waals surface area contributed by atoms with Crippen molar-refractivity contribution in [3.05, 3.63) is 57.6 Å². The molecule has 2 aromatic carbocycles. The van der Waals surface area contributed by atoms with Crippen molar-refractivity contribution in [1.82, 2.24) is 0 Å². The van der Waals surface area contributed by atoms with Gasteiger partial charge in [0.05, 0.1) is 5.56 Å². The Labute approximate surface area is 121 Å². The zero-order valence-electron chi connectivity index (χ0n) is 10.2. The number of hydrogen-bond acceptors (Lipinski definition) is 2. The van der Waals surface area contributed by atoms with Crippen molar-refractivity contribution < 1.29 is 4.74 Å². The van der Waals surface area contributed by atoms with E-state index in [1.165, 1.54) is 0 Å². The standard InChI is InChI=1S/C14H12Cl2N2O/c1-8-2-3-13(12(4-8)14(17)18)19-11-6-9(15)5-10(16)7-11/h2-7H,1H3,(H3,17,18). The number of rotatable bonds is 3. The SMILES string of the molecule is Cc1ccc(Oc2cc(Cl)cc(Cl)c2)c(C(=N)N)c1. The maximum atomic E-state index is 7.57. The Morgan fingerprint density at radius 2 is 1.74 bits per heavy atom. The maximum Gasteiger partial charge on any atom is 0.138 e.